The second-order valence-corrected chi connectivity index (χ2v) is 3.49. The van der Waals surface area contributed by atoms with Gasteiger partial charge < -0.3 is 9.84 Å². The summed E-state index contributed by atoms with van der Waals surface area (Å²) in [5.74, 6) is -1.05. The fraction of sp³-hybridized carbons (Fsp3) is 0.364. The van der Waals surface area contributed by atoms with Crippen molar-refractivity contribution in [2.24, 2.45) is 0 Å². The van der Waals surface area contributed by atoms with Crippen LogP contribution in [0, 0.1) is 10.1 Å². The van der Waals surface area contributed by atoms with Crippen molar-refractivity contribution < 1.29 is 19.6 Å². The highest BCUT2D eigenvalue weighted by molar-refractivity contribution is 5.71. The molecule has 1 aromatic carbocycles. The first kappa shape index (κ1) is 13.1. The van der Waals surface area contributed by atoms with Gasteiger partial charge in [-0.2, -0.15) is 0 Å². The van der Waals surface area contributed by atoms with E-state index < -0.39 is 17.0 Å². The fourth-order valence-electron chi connectivity index (χ4n) is 1.32. The van der Waals surface area contributed by atoms with Gasteiger partial charge in [-0.15, -0.1) is 0 Å². The van der Waals surface area contributed by atoms with Gasteiger partial charge >= 0.3 is 5.97 Å². The molecule has 0 aliphatic carbocycles. The molecule has 0 aromatic heterocycles. The molecule has 17 heavy (non-hydrogen) atoms. The molecule has 0 unspecified atom stereocenters. The summed E-state index contributed by atoms with van der Waals surface area (Å²) in [6, 6.07) is 6.33. The summed E-state index contributed by atoms with van der Waals surface area (Å²) in [5.41, 5.74) is 0.564. The van der Waals surface area contributed by atoms with E-state index in [1.54, 1.807) is 18.2 Å². The maximum absolute atomic E-state index is 10.7. The van der Waals surface area contributed by atoms with Gasteiger partial charge in [0.2, 0.25) is 0 Å². The molecule has 6 nitrogen and oxygen atoms in total. The number of ether oxygens (including phenoxy) is 1. The van der Waals surface area contributed by atoms with Gasteiger partial charge in [0.1, 0.15) is 0 Å². The highest BCUT2D eigenvalue weighted by Crippen LogP contribution is 2.18. The lowest BCUT2D eigenvalue weighted by Crippen LogP contribution is -2.21. The van der Waals surface area contributed by atoms with Crippen LogP contribution in [-0.4, -0.2) is 28.7 Å². The number of nitro groups is 1. The number of rotatable bonds is 6. The van der Waals surface area contributed by atoms with Crippen molar-refractivity contribution in [1.29, 1.82) is 0 Å². The summed E-state index contributed by atoms with van der Waals surface area (Å²) in [7, 11) is 0. The Labute approximate surface area is 98.0 Å². The summed E-state index contributed by atoms with van der Waals surface area (Å²) in [6.45, 7) is 1.56. The molecule has 0 saturated heterocycles. The number of para-hydroxylation sites is 1. The average Bonchev–Trinajstić information content (AvgIpc) is 2.29. The SMILES string of the molecule is C[C@@H](OCCc1ccccc1[N+](=O)[O-])C(=O)O. The number of aliphatic carboxylic acids is 1. The zero-order valence-corrected chi connectivity index (χ0v) is 9.33. The third-order valence-corrected chi connectivity index (χ3v) is 2.28. The van der Waals surface area contributed by atoms with Crippen molar-refractivity contribution in [3.8, 4) is 0 Å². The fourth-order valence-corrected chi connectivity index (χ4v) is 1.32. The molecule has 1 atom stereocenters. The number of nitrogens with zero attached hydrogens (tertiary/aromatic N) is 1. The number of hydrogen-bond acceptors (Lipinski definition) is 4. The highest BCUT2D eigenvalue weighted by Gasteiger charge is 2.14. The molecule has 0 bridgehead atoms. The lowest BCUT2D eigenvalue weighted by molar-refractivity contribution is -0.385. The lowest BCUT2D eigenvalue weighted by atomic mass is 10.1. The predicted molar refractivity (Wildman–Crippen MR) is 59.9 cm³/mol. The largest absolute Gasteiger partial charge is 0.479 e. The van der Waals surface area contributed by atoms with Crippen molar-refractivity contribution in [1.82, 2.24) is 0 Å². The van der Waals surface area contributed by atoms with Gasteiger partial charge in [-0.05, 0) is 6.92 Å². The summed E-state index contributed by atoms with van der Waals surface area (Å²) >= 11 is 0. The molecule has 1 rings (SSSR count). The van der Waals surface area contributed by atoms with E-state index in [0.29, 0.717) is 12.0 Å². The topological polar surface area (TPSA) is 89.7 Å². The van der Waals surface area contributed by atoms with Crippen LogP contribution in [0.1, 0.15) is 12.5 Å². The quantitative estimate of drug-likeness (QED) is 0.601. The first-order valence-corrected chi connectivity index (χ1v) is 5.09. The van der Waals surface area contributed by atoms with Crippen LogP contribution in [0.3, 0.4) is 0 Å². The molecular weight excluding hydrogens is 226 g/mol. The van der Waals surface area contributed by atoms with Crippen molar-refractivity contribution in [2.75, 3.05) is 6.61 Å². The smallest absolute Gasteiger partial charge is 0.332 e. The first-order valence-electron chi connectivity index (χ1n) is 5.09. The van der Waals surface area contributed by atoms with E-state index in [-0.39, 0.29) is 12.3 Å². The molecule has 0 saturated carbocycles. The van der Waals surface area contributed by atoms with Crippen LogP contribution >= 0.6 is 0 Å². The Balaban J connectivity index is 2.58. The van der Waals surface area contributed by atoms with Gasteiger partial charge in [0, 0.05) is 18.1 Å². The van der Waals surface area contributed by atoms with Crippen LogP contribution in [-0.2, 0) is 16.0 Å². The Bertz CT molecular complexity index is 418. The molecule has 0 fully saturated rings. The number of nitro benzene ring substituents is 1. The van der Waals surface area contributed by atoms with Crippen molar-refractivity contribution in [3.63, 3.8) is 0 Å². The second kappa shape index (κ2) is 5.95. The van der Waals surface area contributed by atoms with Crippen LogP contribution in [0.2, 0.25) is 0 Å². The summed E-state index contributed by atoms with van der Waals surface area (Å²) in [6.07, 6.45) is -0.591. The summed E-state index contributed by atoms with van der Waals surface area (Å²) in [5, 5.41) is 19.3. The van der Waals surface area contributed by atoms with Crippen molar-refractivity contribution in [2.45, 2.75) is 19.4 Å². The van der Waals surface area contributed by atoms with Gasteiger partial charge in [-0.3, -0.25) is 10.1 Å². The molecular formula is C11H13NO5. The number of carboxylic acids is 1. The maximum atomic E-state index is 10.7. The Morgan fingerprint density at radius 2 is 2.18 bits per heavy atom. The summed E-state index contributed by atoms with van der Waals surface area (Å²) in [4.78, 5) is 20.7. The van der Waals surface area contributed by atoms with E-state index in [9.17, 15) is 14.9 Å². The third-order valence-electron chi connectivity index (χ3n) is 2.28. The number of carboxylic acid groups (broad SMARTS) is 1. The molecule has 6 heteroatoms. The minimum atomic E-state index is -1.05. The molecule has 0 amide bonds. The minimum absolute atomic E-state index is 0.0269. The van der Waals surface area contributed by atoms with Crippen molar-refractivity contribution >= 4 is 11.7 Å². The molecule has 0 aliphatic rings. The molecule has 1 aromatic rings. The first-order chi connectivity index (χ1) is 8.02. The van der Waals surface area contributed by atoms with Crippen LogP contribution < -0.4 is 0 Å². The molecule has 1 N–H and O–H groups in total. The summed E-state index contributed by atoms with van der Waals surface area (Å²) < 4.78 is 5.02. The number of hydrogen-bond donors (Lipinski definition) is 1. The van der Waals surface area contributed by atoms with Gasteiger partial charge in [0.25, 0.3) is 5.69 Å². The van der Waals surface area contributed by atoms with Gasteiger partial charge in [-0.1, -0.05) is 18.2 Å². The van der Waals surface area contributed by atoms with E-state index in [0.717, 1.165) is 0 Å². The molecule has 0 spiro atoms. The Kier molecular flexibility index (Phi) is 4.59. The van der Waals surface area contributed by atoms with Crippen LogP contribution in [0.25, 0.3) is 0 Å². The number of carbonyl (C=O) groups is 1. The Morgan fingerprint density at radius 3 is 2.76 bits per heavy atom. The van der Waals surface area contributed by atoms with E-state index in [1.807, 2.05) is 0 Å². The molecule has 92 valence electrons. The Hall–Kier alpha value is -1.95. The minimum Gasteiger partial charge on any atom is -0.479 e. The monoisotopic (exact) mass is 239 g/mol. The normalized spacial score (nSPS) is 12.1. The van der Waals surface area contributed by atoms with Gasteiger partial charge in [-0.25, -0.2) is 4.79 Å². The molecule has 0 aliphatic heterocycles. The molecule has 0 radical (unpaired) electrons. The third kappa shape index (κ3) is 3.84. The lowest BCUT2D eigenvalue weighted by Gasteiger charge is -2.08. The van der Waals surface area contributed by atoms with Crippen LogP contribution in [0.4, 0.5) is 5.69 Å². The van der Waals surface area contributed by atoms with E-state index in [2.05, 4.69) is 0 Å². The predicted octanol–water partition coefficient (Wildman–Crippen LogP) is 1.63. The highest BCUT2D eigenvalue weighted by atomic mass is 16.6. The van der Waals surface area contributed by atoms with E-state index in [4.69, 9.17) is 9.84 Å². The average molecular weight is 239 g/mol. The number of benzene rings is 1. The zero-order valence-electron chi connectivity index (χ0n) is 9.33. The van der Waals surface area contributed by atoms with E-state index in [1.165, 1.54) is 13.0 Å². The Morgan fingerprint density at radius 1 is 1.53 bits per heavy atom. The maximum Gasteiger partial charge on any atom is 0.332 e. The zero-order chi connectivity index (χ0) is 12.8. The van der Waals surface area contributed by atoms with Crippen LogP contribution in [0.15, 0.2) is 24.3 Å². The standard InChI is InChI=1S/C11H13NO5/c1-8(11(13)14)17-7-6-9-4-2-3-5-10(9)12(15)16/h2-5,8H,6-7H2,1H3,(H,13,14)/t8-/m1/s1. The van der Waals surface area contributed by atoms with Crippen LogP contribution in [0.5, 0.6) is 0 Å². The van der Waals surface area contributed by atoms with E-state index >= 15 is 0 Å². The van der Waals surface area contributed by atoms with Gasteiger partial charge in [0.15, 0.2) is 6.10 Å². The second-order valence-electron chi connectivity index (χ2n) is 3.49. The van der Waals surface area contributed by atoms with Gasteiger partial charge in [0.05, 0.1) is 11.5 Å². The molecule has 0 heterocycles. The van der Waals surface area contributed by atoms with Crippen molar-refractivity contribution in [3.05, 3.63) is 39.9 Å².